The van der Waals surface area contributed by atoms with E-state index in [-0.39, 0.29) is 11.9 Å². The van der Waals surface area contributed by atoms with Gasteiger partial charge in [-0.05, 0) is 43.3 Å². The van der Waals surface area contributed by atoms with Crippen LogP contribution in [0.4, 0.5) is 17.3 Å². The number of benzene rings is 2. The van der Waals surface area contributed by atoms with Crippen LogP contribution >= 0.6 is 27.5 Å². The van der Waals surface area contributed by atoms with Crippen LogP contribution in [0.3, 0.4) is 0 Å². The summed E-state index contributed by atoms with van der Waals surface area (Å²) >= 11 is 9.85. The van der Waals surface area contributed by atoms with Gasteiger partial charge in [-0.25, -0.2) is 4.98 Å². The molecule has 1 aliphatic rings. The Kier molecular flexibility index (Phi) is 7.19. The summed E-state index contributed by atoms with van der Waals surface area (Å²) in [5, 5.41) is 15.0. The minimum absolute atomic E-state index is 0.196. The monoisotopic (exact) mass is 516 g/mol. The van der Waals surface area contributed by atoms with Gasteiger partial charge in [0, 0.05) is 28.8 Å². The Labute approximate surface area is 199 Å². The Balaban J connectivity index is 1.38. The van der Waals surface area contributed by atoms with E-state index in [4.69, 9.17) is 16.3 Å². The van der Waals surface area contributed by atoms with E-state index < -0.39 is 0 Å². The Morgan fingerprint density at radius 1 is 1.19 bits per heavy atom. The number of ether oxygens (including phenoxy) is 1. The molecule has 32 heavy (non-hydrogen) atoms. The summed E-state index contributed by atoms with van der Waals surface area (Å²) in [6.07, 6.45) is 1.59. The predicted octanol–water partition coefficient (Wildman–Crippen LogP) is 4.36. The van der Waals surface area contributed by atoms with E-state index in [2.05, 4.69) is 46.6 Å². The van der Waals surface area contributed by atoms with Crippen LogP contribution in [0.15, 0.2) is 53.1 Å². The average Bonchev–Trinajstić information content (AvgIpc) is 2.80. The van der Waals surface area contributed by atoms with Gasteiger partial charge in [-0.2, -0.15) is 0 Å². The quantitative estimate of drug-likeness (QED) is 0.502. The number of anilines is 3. The normalized spacial score (nSPS) is 14.7. The first kappa shape index (κ1) is 22.4. The molecule has 1 amide bonds. The molecule has 0 saturated carbocycles. The molecule has 1 atom stereocenters. The lowest BCUT2D eigenvalue weighted by Gasteiger charge is -2.29. The topological polar surface area (TPSA) is 92.3 Å². The van der Waals surface area contributed by atoms with E-state index in [0.717, 1.165) is 28.9 Å². The van der Waals surface area contributed by atoms with E-state index >= 15 is 0 Å². The van der Waals surface area contributed by atoms with Crippen molar-refractivity contribution in [3.05, 3.63) is 69.4 Å². The van der Waals surface area contributed by atoms with Gasteiger partial charge in [0.2, 0.25) is 5.95 Å². The van der Waals surface area contributed by atoms with Crippen molar-refractivity contribution < 1.29 is 9.53 Å². The van der Waals surface area contributed by atoms with Crippen LogP contribution in [0.2, 0.25) is 5.02 Å². The van der Waals surface area contributed by atoms with Gasteiger partial charge in [0.05, 0.1) is 36.2 Å². The van der Waals surface area contributed by atoms with Crippen LogP contribution in [-0.4, -0.2) is 47.4 Å². The van der Waals surface area contributed by atoms with Crippen molar-refractivity contribution in [3.63, 3.8) is 0 Å². The van der Waals surface area contributed by atoms with Crippen molar-refractivity contribution in [3.8, 4) is 0 Å². The molecule has 2 aromatic carbocycles. The summed E-state index contributed by atoms with van der Waals surface area (Å²) in [6, 6.07) is 12.6. The zero-order valence-corrected chi connectivity index (χ0v) is 19.7. The highest BCUT2D eigenvalue weighted by Crippen LogP contribution is 2.30. The molecule has 10 heteroatoms. The molecule has 1 aliphatic heterocycles. The van der Waals surface area contributed by atoms with Crippen LogP contribution in [0.25, 0.3) is 0 Å². The van der Waals surface area contributed by atoms with Gasteiger partial charge in [-0.1, -0.05) is 33.6 Å². The predicted molar refractivity (Wildman–Crippen MR) is 128 cm³/mol. The second kappa shape index (κ2) is 10.2. The Morgan fingerprint density at radius 2 is 2.00 bits per heavy atom. The van der Waals surface area contributed by atoms with Crippen molar-refractivity contribution in [2.75, 3.05) is 36.5 Å². The van der Waals surface area contributed by atoms with E-state index in [9.17, 15) is 4.79 Å². The highest BCUT2D eigenvalue weighted by atomic mass is 79.9. The van der Waals surface area contributed by atoms with Gasteiger partial charge in [-0.3, -0.25) is 4.79 Å². The largest absolute Gasteiger partial charge is 0.378 e. The molecule has 1 aromatic heterocycles. The SMILES string of the molecule is CC(NC(=O)c1cccc(Br)c1)c1cnc(Nc2ccc(N3CCOCC3)c(Cl)c2)nn1. The fraction of sp³-hybridized carbons (Fsp3) is 0.273. The lowest BCUT2D eigenvalue weighted by atomic mass is 10.2. The van der Waals surface area contributed by atoms with Crippen molar-refractivity contribution >= 4 is 50.8 Å². The molecule has 3 aromatic rings. The van der Waals surface area contributed by atoms with Crippen LogP contribution in [0.5, 0.6) is 0 Å². The van der Waals surface area contributed by atoms with Crippen molar-refractivity contribution in [1.29, 1.82) is 0 Å². The van der Waals surface area contributed by atoms with Gasteiger partial charge in [0.15, 0.2) is 0 Å². The summed E-state index contributed by atoms with van der Waals surface area (Å²) < 4.78 is 6.23. The minimum Gasteiger partial charge on any atom is -0.378 e. The van der Waals surface area contributed by atoms with Crippen molar-refractivity contribution in [1.82, 2.24) is 20.5 Å². The van der Waals surface area contributed by atoms with Gasteiger partial charge in [0.1, 0.15) is 5.69 Å². The number of nitrogens with one attached hydrogen (secondary N) is 2. The molecule has 0 aliphatic carbocycles. The summed E-state index contributed by atoms with van der Waals surface area (Å²) in [5.74, 6) is 0.146. The molecule has 2 heterocycles. The highest BCUT2D eigenvalue weighted by Gasteiger charge is 2.16. The Morgan fingerprint density at radius 3 is 2.69 bits per heavy atom. The van der Waals surface area contributed by atoms with Crippen molar-refractivity contribution in [2.45, 2.75) is 13.0 Å². The third-order valence-corrected chi connectivity index (χ3v) is 5.81. The van der Waals surface area contributed by atoms with Crippen molar-refractivity contribution in [2.24, 2.45) is 0 Å². The fourth-order valence-electron chi connectivity index (χ4n) is 3.30. The van der Waals surface area contributed by atoms with Crippen LogP contribution in [0.1, 0.15) is 29.0 Å². The number of carbonyl (C=O) groups is 1. The highest BCUT2D eigenvalue weighted by molar-refractivity contribution is 9.10. The molecular formula is C22H22BrClN6O2. The number of morpholine rings is 1. The number of nitrogens with zero attached hydrogens (tertiary/aromatic N) is 4. The summed E-state index contributed by atoms with van der Waals surface area (Å²) in [7, 11) is 0. The van der Waals surface area contributed by atoms with Gasteiger partial charge >= 0.3 is 0 Å². The molecule has 166 valence electrons. The maximum absolute atomic E-state index is 12.4. The molecule has 1 unspecified atom stereocenters. The zero-order valence-electron chi connectivity index (χ0n) is 17.4. The first-order chi connectivity index (χ1) is 15.5. The molecule has 0 spiro atoms. The summed E-state index contributed by atoms with van der Waals surface area (Å²) in [4.78, 5) is 18.9. The number of rotatable bonds is 6. The lowest BCUT2D eigenvalue weighted by Crippen LogP contribution is -2.36. The molecule has 4 rings (SSSR count). The van der Waals surface area contributed by atoms with Crippen LogP contribution in [-0.2, 0) is 4.74 Å². The molecule has 8 nitrogen and oxygen atoms in total. The minimum atomic E-state index is -0.349. The Hall–Kier alpha value is -2.75. The van der Waals surface area contributed by atoms with E-state index in [1.165, 1.54) is 0 Å². The standard InChI is InChI=1S/C22H22BrClN6O2/c1-14(26-21(31)15-3-2-4-16(23)11-15)19-13-25-22(29-28-19)27-17-5-6-20(18(24)12-17)30-7-9-32-10-8-30/h2-6,11-14H,7-10H2,1H3,(H,26,31)(H,25,27,29). The Bertz CT molecular complexity index is 1090. The number of aromatic nitrogens is 3. The maximum atomic E-state index is 12.4. The molecule has 2 N–H and O–H groups in total. The number of carbonyl (C=O) groups excluding carboxylic acids is 1. The van der Waals surface area contributed by atoms with E-state index in [1.807, 2.05) is 37.3 Å². The first-order valence-electron chi connectivity index (χ1n) is 10.1. The number of hydrogen-bond donors (Lipinski definition) is 2. The van der Waals surface area contributed by atoms with E-state index in [1.54, 1.807) is 18.3 Å². The molecule has 1 saturated heterocycles. The average molecular weight is 518 g/mol. The number of hydrogen-bond acceptors (Lipinski definition) is 7. The summed E-state index contributed by atoms with van der Waals surface area (Å²) in [6.45, 7) is 4.86. The molecular weight excluding hydrogens is 496 g/mol. The van der Waals surface area contributed by atoms with Gasteiger partial charge < -0.3 is 20.3 Å². The smallest absolute Gasteiger partial charge is 0.251 e. The maximum Gasteiger partial charge on any atom is 0.251 e. The molecule has 0 radical (unpaired) electrons. The molecule has 0 bridgehead atoms. The molecule has 1 fully saturated rings. The second-order valence-electron chi connectivity index (χ2n) is 7.30. The van der Waals surface area contributed by atoms with Gasteiger partial charge in [-0.15, -0.1) is 10.2 Å². The lowest BCUT2D eigenvalue weighted by molar-refractivity contribution is 0.0939. The zero-order chi connectivity index (χ0) is 22.5. The van der Waals surface area contributed by atoms with Crippen LogP contribution < -0.4 is 15.5 Å². The van der Waals surface area contributed by atoms with Crippen LogP contribution in [0, 0.1) is 0 Å². The summed E-state index contributed by atoms with van der Waals surface area (Å²) in [5.41, 5.74) is 2.85. The first-order valence-corrected chi connectivity index (χ1v) is 11.3. The third-order valence-electron chi connectivity index (χ3n) is 5.01. The number of amides is 1. The third kappa shape index (κ3) is 5.53. The number of halogens is 2. The van der Waals surface area contributed by atoms with Gasteiger partial charge in [0.25, 0.3) is 5.91 Å². The second-order valence-corrected chi connectivity index (χ2v) is 8.63. The fourth-order valence-corrected chi connectivity index (χ4v) is 4.00. The van der Waals surface area contributed by atoms with E-state index in [0.29, 0.717) is 35.4 Å².